The van der Waals surface area contributed by atoms with Crippen molar-refractivity contribution in [2.24, 2.45) is 5.92 Å². The zero-order valence-electron chi connectivity index (χ0n) is 18.9. The molecule has 174 valence electrons. The van der Waals surface area contributed by atoms with Crippen molar-refractivity contribution in [2.75, 3.05) is 18.4 Å². The van der Waals surface area contributed by atoms with Gasteiger partial charge in [0.25, 0.3) is 0 Å². The summed E-state index contributed by atoms with van der Waals surface area (Å²) in [7, 11) is -3.88. The lowest BCUT2D eigenvalue weighted by Gasteiger charge is -2.31. The number of nitrogens with one attached hydrogen (secondary N) is 1. The van der Waals surface area contributed by atoms with Crippen LogP contribution in [-0.4, -0.2) is 36.9 Å². The van der Waals surface area contributed by atoms with E-state index in [9.17, 15) is 13.2 Å². The Morgan fingerprint density at radius 1 is 1.24 bits per heavy atom. The van der Waals surface area contributed by atoms with E-state index in [1.807, 2.05) is 49.6 Å². The number of carbonyl (C=O) groups is 1. The van der Waals surface area contributed by atoms with Crippen LogP contribution in [0.5, 0.6) is 0 Å². The van der Waals surface area contributed by atoms with Crippen LogP contribution in [-0.2, 0) is 14.8 Å². The fourth-order valence-corrected chi connectivity index (χ4v) is 6.34. The SMILES string of the molecule is Cc1ccc(C)c(NC(=O)C2CCCN(S(=O)(=O)c3c(C)noc3/C=C/c3cccs3)C2)c1. The van der Waals surface area contributed by atoms with Crippen molar-refractivity contribution in [3.63, 3.8) is 0 Å². The molecule has 3 aromatic rings. The van der Waals surface area contributed by atoms with Crippen molar-refractivity contribution < 1.29 is 17.7 Å². The number of sulfonamides is 1. The van der Waals surface area contributed by atoms with E-state index >= 15 is 0 Å². The number of rotatable bonds is 6. The molecule has 1 amide bonds. The van der Waals surface area contributed by atoms with Crippen molar-refractivity contribution in [1.29, 1.82) is 0 Å². The Bertz CT molecular complexity index is 1280. The molecule has 3 heterocycles. The summed E-state index contributed by atoms with van der Waals surface area (Å²) in [6.45, 7) is 6.00. The van der Waals surface area contributed by atoms with Gasteiger partial charge in [0.2, 0.25) is 15.9 Å². The minimum Gasteiger partial charge on any atom is -0.355 e. The van der Waals surface area contributed by atoms with Gasteiger partial charge in [0.05, 0.1) is 5.92 Å². The average molecular weight is 486 g/mol. The first-order chi connectivity index (χ1) is 15.8. The summed E-state index contributed by atoms with van der Waals surface area (Å²) in [5, 5.41) is 8.83. The van der Waals surface area contributed by atoms with Crippen LogP contribution < -0.4 is 5.32 Å². The number of hydrogen-bond donors (Lipinski definition) is 1. The molecule has 1 aliphatic heterocycles. The Morgan fingerprint density at radius 3 is 2.82 bits per heavy atom. The Hall–Kier alpha value is -2.75. The lowest BCUT2D eigenvalue weighted by Crippen LogP contribution is -2.44. The van der Waals surface area contributed by atoms with Crippen LogP contribution in [0.1, 0.15) is 40.3 Å². The van der Waals surface area contributed by atoms with E-state index in [1.54, 1.807) is 30.4 Å². The number of aromatic nitrogens is 1. The molecule has 9 heteroatoms. The topological polar surface area (TPSA) is 92.5 Å². The number of piperidine rings is 1. The van der Waals surface area contributed by atoms with Crippen LogP contribution in [0.2, 0.25) is 0 Å². The molecule has 1 aromatic carbocycles. The lowest BCUT2D eigenvalue weighted by molar-refractivity contribution is -0.120. The molecule has 1 saturated heterocycles. The quantitative estimate of drug-likeness (QED) is 0.538. The van der Waals surface area contributed by atoms with Crippen LogP contribution in [0.15, 0.2) is 45.1 Å². The van der Waals surface area contributed by atoms with Gasteiger partial charge in [0, 0.05) is 23.7 Å². The molecule has 0 aliphatic carbocycles. The summed E-state index contributed by atoms with van der Waals surface area (Å²) in [4.78, 5) is 14.0. The highest BCUT2D eigenvalue weighted by molar-refractivity contribution is 7.89. The van der Waals surface area contributed by atoms with Crippen molar-refractivity contribution in [1.82, 2.24) is 9.46 Å². The highest BCUT2D eigenvalue weighted by Crippen LogP contribution is 2.30. The van der Waals surface area contributed by atoms with Crippen molar-refractivity contribution in [2.45, 2.75) is 38.5 Å². The number of anilines is 1. The number of thiophene rings is 1. The van der Waals surface area contributed by atoms with Crippen molar-refractivity contribution in [3.8, 4) is 0 Å². The van der Waals surface area contributed by atoms with Crippen LogP contribution in [0.3, 0.4) is 0 Å². The molecule has 1 atom stereocenters. The first kappa shape index (κ1) is 23.4. The summed E-state index contributed by atoms with van der Waals surface area (Å²) in [6, 6.07) is 9.73. The van der Waals surface area contributed by atoms with E-state index in [0.717, 1.165) is 21.7 Å². The van der Waals surface area contributed by atoms with Crippen LogP contribution >= 0.6 is 11.3 Å². The van der Waals surface area contributed by atoms with Crippen LogP contribution in [0.25, 0.3) is 12.2 Å². The van der Waals surface area contributed by atoms with Gasteiger partial charge in [-0.3, -0.25) is 4.79 Å². The summed E-state index contributed by atoms with van der Waals surface area (Å²) in [5.74, 6) is -0.398. The molecule has 33 heavy (non-hydrogen) atoms. The molecule has 0 spiro atoms. The number of nitrogens with zero attached hydrogens (tertiary/aromatic N) is 2. The van der Waals surface area contributed by atoms with E-state index in [2.05, 4.69) is 10.5 Å². The fourth-order valence-electron chi connectivity index (χ4n) is 3.95. The van der Waals surface area contributed by atoms with Gasteiger partial charge in [0.15, 0.2) is 10.7 Å². The second-order valence-electron chi connectivity index (χ2n) is 8.32. The average Bonchev–Trinajstić information content (AvgIpc) is 3.44. The van der Waals surface area contributed by atoms with Crippen LogP contribution in [0, 0.1) is 26.7 Å². The second kappa shape index (κ2) is 9.62. The monoisotopic (exact) mass is 485 g/mol. The Morgan fingerprint density at radius 2 is 2.06 bits per heavy atom. The maximum Gasteiger partial charge on any atom is 0.248 e. The number of hydrogen-bond acceptors (Lipinski definition) is 6. The normalized spacial score (nSPS) is 17.5. The van der Waals surface area contributed by atoms with Gasteiger partial charge in [0.1, 0.15) is 5.69 Å². The molecule has 1 N–H and O–H groups in total. The molecule has 7 nitrogen and oxygen atoms in total. The van der Waals surface area contributed by atoms with E-state index in [0.29, 0.717) is 25.1 Å². The van der Waals surface area contributed by atoms with Crippen LogP contribution in [0.4, 0.5) is 5.69 Å². The zero-order valence-corrected chi connectivity index (χ0v) is 20.5. The smallest absolute Gasteiger partial charge is 0.248 e. The van der Waals surface area contributed by atoms with Gasteiger partial charge >= 0.3 is 0 Å². The van der Waals surface area contributed by atoms with Gasteiger partial charge in [-0.1, -0.05) is 23.4 Å². The van der Waals surface area contributed by atoms with Gasteiger partial charge in [-0.15, -0.1) is 11.3 Å². The molecular formula is C24H27N3O4S2. The third-order valence-electron chi connectivity index (χ3n) is 5.78. The standard InChI is InChI=1S/C24H27N3O4S2/c1-16-8-9-17(2)21(14-16)25-24(28)19-6-4-12-27(15-19)33(29,30)23-18(3)26-31-22(23)11-10-20-7-5-13-32-20/h5,7-11,13-14,19H,4,6,12,15H2,1-3H3,(H,25,28)/b11-10+. The molecule has 4 rings (SSSR count). The summed E-state index contributed by atoms with van der Waals surface area (Å²) in [6.07, 6.45) is 4.68. The number of carbonyl (C=O) groups excluding carboxylic acids is 1. The Kier molecular flexibility index (Phi) is 6.83. The predicted molar refractivity (Wildman–Crippen MR) is 131 cm³/mol. The first-order valence-corrected chi connectivity index (χ1v) is 13.1. The molecule has 0 bridgehead atoms. The maximum atomic E-state index is 13.5. The van der Waals surface area contributed by atoms with E-state index in [-0.39, 0.29) is 23.1 Å². The van der Waals surface area contributed by atoms with Gasteiger partial charge in [-0.25, -0.2) is 8.42 Å². The third kappa shape index (κ3) is 5.10. The number of aryl methyl sites for hydroxylation is 3. The number of amides is 1. The van der Waals surface area contributed by atoms with E-state index in [4.69, 9.17) is 4.52 Å². The largest absolute Gasteiger partial charge is 0.355 e. The summed E-state index contributed by atoms with van der Waals surface area (Å²) in [5.41, 5.74) is 3.09. The summed E-state index contributed by atoms with van der Waals surface area (Å²) < 4.78 is 33.8. The molecular weight excluding hydrogens is 458 g/mol. The highest BCUT2D eigenvalue weighted by Gasteiger charge is 2.37. The molecule has 2 aromatic heterocycles. The second-order valence-corrected chi connectivity index (χ2v) is 11.2. The fraction of sp³-hybridized carbons (Fsp3) is 0.333. The van der Waals surface area contributed by atoms with E-state index < -0.39 is 15.9 Å². The molecule has 1 aliphatic rings. The van der Waals surface area contributed by atoms with Gasteiger partial charge in [-0.2, -0.15) is 4.31 Å². The minimum absolute atomic E-state index is 0.0610. The highest BCUT2D eigenvalue weighted by atomic mass is 32.2. The summed E-state index contributed by atoms with van der Waals surface area (Å²) >= 11 is 1.54. The third-order valence-corrected chi connectivity index (χ3v) is 8.64. The Labute approximate surface area is 198 Å². The maximum absolute atomic E-state index is 13.5. The molecule has 1 unspecified atom stereocenters. The minimum atomic E-state index is -3.88. The lowest BCUT2D eigenvalue weighted by atomic mass is 9.98. The van der Waals surface area contributed by atoms with Crippen molar-refractivity contribution >= 4 is 45.1 Å². The molecule has 1 fully saturated rings. The number of benzene rings is 1. The predicted octanol–water partition coefficient (Wildman–Crippen LogP) is 4.87. The zero-order chi connectivity index (χ0) is 23.6. The van der Waals surface area contributed by atoms with Gasteiger partial charge in [-0.05, 0) is 74.4 Å². The molecule has 0 radical (unpaired) electrons. The van der Waals surface area contributed by atoms with E-state index in [1.165, 1.54) is 4.31 Å². The van der Waals surface area contributed by atoms with Crippen molar-refractivity contribution in [3.05, 3.63) is 63.2 Å². The first-order valence-electron chi connectivity index (χ1n) is 10.8. The molecule has 0 saturated carbocycles. The van der Waals surface area contributed by atoms with Gasteiger partial charge < -0.3 is 9.84 Å². The Balaban J connectivity index is 1.54.